The lowest BCUT2D eigenvalue weighted by Gasteiger charge is -2.10. The average molecular weight is 575 g/mol. The number of methoxy groups -OCH3 is 2. The predicted molar refractivity (Wildman–Crippen MR) is 156 cm³/mol. The molecule has 15 nitrogen and oxygen atoms in total. The number of nitrogen functional groups attached to an aromatic ring is 2. The second kappa shape index (κ2) is 18.0. The standard InChI is InChI=1S/C11H14N2O4.C7H6N2O4.C7H10N2.CH4O/c1-7-4-5-8(12-10(14)16-2)6-9(7)13-11(15)17-3;1-5-2-3-6(8(10)11)4-7(5)9(12)13;1-5-2-3-6(8)4-7(5)9;1-2/h4-6H,1-3H3,(H,12,14)(H,13,15);2-4H,1H3;2-4H,8-9H2,1H3;2H,1H3. The number of nitrogens with two attached hydrogens (primary N) is 2. The summed E-state index contributed by atoms with van der Waals surface area (Å²) in [6.07, 6.45) is -1.14. The summed E-state index contributed by atoms with van der Waals surface area (Å²) in [5.41, 5.74) is 15.4. The van der Waals surface area contributed by atoms with Gasteiger partial charge in [-0.05, 0) is 62.2 Å². The number of carbonyl (C=O) groups excluding carboxylic acids is 2. The molecule has 0 radical (unpaired) electrons. The molecule has 15 heteroatoms. The minimum atomic E-state index is -0.660. The fraction of sp³-hybridized carbons (Fsp3) is 0.231. The Morgan fingerprint density at radius 2 is 1.29 bits per heavy atom. The third-order valence-electron chi connectivity index (χ3n) is 5.00. The lowest BCUT2D eigenvalue weighted by molar-refractivity contribution is -0.394. The van der Waals surface area contributed by atoms with Gasteiger partial charge in [-0.2, -0.15) is 0 Å². The number of aliphatic hydroxyl groups excluding tert-OH is 1. The van der Waals surface area contributed by atoms with Crippen LogP contribution in [0.3, 0.4) is 0 Å². The Balaban J connectivity index is 0.000000592. The van der Waals surface area contributed by atoms with Gasteiger partial charge in [0.05, 0.1) is 30.1 Å². The lowest BCUT2D eigenvalue weighted by Crippen LogP contribution is -2.14. The third kappa shape index (κ3) is 12.8. The van der Waals surface area contributed by atoms with Crippen molar-refractivity contribution in [3.63, 3.8) is 0 Å². The quantitative estimate of drug-likeness (QED) is 0.159. The maximum absolute atomic E-state index is 11.1. The van der Waals surface area contributed by atoms with E-state index in [1.807, 2.05) is 26.0 Å². The third-order valence-corrected chi connectivity index (χ3v) is 5.00. The Labute approximate surface area is 236 Å². The molecule has 3 aromatic rings. The monoisotopic (exact) mass is 574 g/mol. The molecule has 3 rings (SSSR count). The molecule has 41 heavy (non-hydrogen) atoms. The Bertz CT molecular complexity index is 1350. The number of nitro groups is 2. The van der Waals surface area contributed by atoms with Gasteiger partial charge in [0.15, 0.2) is 0 Å². The molecular weight excluding hydrogens is 540 g/mol. The van der Waals surface area contributed by atoms with E-state index in [1.54, 1.807) is 24.3 Å². The number of ether oxygens (including phenoxy) is 2. The highest BCUT2D eigenvalue weighted by atomic mass is 16.6. The molecule has 0 saturated carbocycles. The van der Waals surface area contributed by atoms with Gasteiger partial charge in [-0.3, -0.25) is 30.9 Å². The minimum Gasteiger partial charge on any atom is -0.453 e. The van der Waals surface area contributed by atoms with Crippen molar-refractivity contribution >= 4 is 46.3 Å². The molecule has 0 aliphatic carbocycles. The van der Waals surface area contributed by atoms with Crippen molar-refractivity contribution in [2.75, 3.05) is 43.4 Å². The molecule has 0 saturated heterocycles. The smallest absolute Gasteiger partial charge is 0.411 e. The van der Waals surface area contributed by atoms with E-state index >= 15 is 0 Å². The zero-order valence-corrected chi connectivity index (χ0v) is 23.5. The van der Waals surface area contributed by atoms with Crippen LogP contribution in [-0.4, -0.2) is 48.5 Å². The number of non-ortho nitro benzene ring substituents is 1. The summed E-state index contributed by atoms with van der Waals surface area (Å²) in [4.78, 5) is 41.4. The maximum Gasteiger partial charge on any atom is 0.411 e. The maximum atomic E-state index is 11.1. The van der Waals surface area contributed by atoms with E-state index in [4.69, 9.17) is 16.6 Å². The van der Waals surface area contributed by atoms with E-state index in [0.29, 0.717) is 16.9 Å². The summed E-state index contributed by atoms with van der Waals surface area (Å²) in [5, 5.41) is 32.7. The first-order chi connectivity index (χ1) is 19.3. The van der Waals surface area contributed by atoms with Gasteiger partial charge in [0.25, 0.3) is 11.4 Å². The Morgan fingerprint density at radius 1 is 0.756 bits per heavy atom. The predicted octanol–water partition coefficient (Wildman–Crippen LogP) is 4.93. The molecule has 0 unspecified atom stereocenters. The summed E-state index contributed by atoms with van der Waals surface area (Å²) in [6.45, 7) is 5.31. The summed E-state index contributed by atoms with van der Waals surface area (Å²) >= 11 is 0. The Hall–Kier alpha value is -5.44. The molecule has 7 N–H and O–H groups in total. The first-order valence-corrected chi connectivity index (χ1v) is 11.5. The number of nitrogens with one attached hydrogen (secondary N) is 2. The molecule has 2 amide bonds. The summed E-state index contributed by atoms with van der Waals surface area (Å²) < 4.78 is 8.95. The van der Waals surface area contributed by atoms with Crippen LogP contribution in [-0.2, 0) is 9.47 Å². The van der Waals surface area contributed by atoms with E-state index < -0.39 is 22.0 Å². The van der Waals surface area contributed by atoms with Crippen LogP contribution in [0, 0.1) is 41.0 Å². The number of hydrogen-bond donors (Lipinski definition) is 5. The molecule has 0 aliphatic rings. The van der Waals surface area contributed by atoms with Crippen LogP contribution in [0.5, 0.6) is 0 Å². The van der Waals surface area contributed by atoms with Crippen molar-refractivity contribution < 1.29 is 34.0 Å². The highest BCUT2D eigenvalue weighted by Crippen LogP contribution is 2.23. The largest absolute Gasteiger partial charge is 0.453 e. The molecular formula is C26H34N6O9. The molecule has 0 atom stereocenters. The van der Waals surface area contributed by atoms with Gasteiger partial charge >= 0.3 is 12.2 Å². The van der Waals surface area contributed by atoms with Crippen molar-refractivity contribution in [3.8, 4) is 0 Å². The lowest BCUT2D eigenvalue weighted by atomic mass is 10.2. The molecule has 0 spiro atoms. The van der Waals surface area contributed by atoms with Crippen LogP contribution in [0.25, 0.3) is 0 Å². The molecule has 0 aromatic heterocycles. The van der Waals surface area contributed by atoms with Crippen molar-refractivity contribution in [2.45, 2.75) is 20.8 Å². The van der Waals surface area contributed by atoms with Crippen LogP contribution >= 0.6 is 0 Å². The van der Waals surface area contributed by atoms with E-state index in [1.165, 1.54) is 33.3 Å². The molecule has 222 valence electrons. The topological polar surface area (TPSA) is 235 Å². The number of nitrogens with zero attached hydrogens (tertiary/aromatic N) is 2. The normalized spacial score (nSPS) is 9.15. The molecule has 0 heterocycles. The molecule has 0 bridgehead atoms. The van der Waals surface area contributed by atoms with Gasteiger partial charge in [-0.25, -0.2) is 9.59 Å². The van der Waals surface area contributed by atoms with Crippen LogP contribution in [0.2, 0.25) is 0 Å². The van der Waals surface area contributed by atoms with Crippen molar-refractivity contribution in [2.24, 2.45) is 0 Å². The highest BCUT2D eigenvalue weighted by molar-refractivity contribution is 5.89. The van der Waals surface area contributed by atoms with E-state index in [2.05, 4.69) is 20.1 Å². The molecule has 0 fully saturated rings. The number of aryl methyl sites for hydroxylation is 3. The highest BCUT2D eigenvalue weighted by Gasteiger charge is 2.16. The van der Waals surface area contributed by atoms with Crippen LogP contribution in [0.15, 0.2) is 54.6 Å². The van der Waals surface area contributed by atoms with Gasteiger partial charge < -0.3 is 26.0 Å². The molecule has 0 aliphatic heterocycles. The van der Waals surface area contributed by atoms with E-state index in [-0.39, 0.29) is 11.4 Å². The van der Waals surface area contributed by atoms with E-state index in [9.17, 15) is 29.8 Å². The second-order valence-corrected chi connectivity index (χ2v) is 7.86. The zero-order chi connectivity index (χ0) is 31.7. The Kier molecular flexibility index (Phi) is 15.6. The second-order valence-electron chi connectivity index (χ2n) is 7.86. The fourth-order valence-electron chi connectivity index (χ4n) is 2.73. The van der Waals surface area contributed by atoms with E-state index in [0.717, 1.165) is 35.7 Å². The number of nitro benzene ring substituents is 2. The van der Waals surface area contributed by atoms with Crippen LogP contribution in [0.4, 0.5) is 43.7 Å². The van der Waals surface area contributed by atoms with Crippen molar-refractivity contribution in [1.29, 1.82) is 0 Å². The summed E-state index contributed by atoms with van der Waals surface area (Å²) in [5.74, 6) is 0. The van der Waals surface area contributed by atoms with Gasteiger partial charge in [0, 0.05) is 41.5 Å². The SMILES string of the molecule is CO.COC(=O)Nc1ccc(C)c(NC(=O)OC)c1.Cc1ccc(N)cc1N.Cc1ccc([N+](=O)[O-])cc1[N+](=O)[O-]. The van der Waals surface area contributed by atoms with Gasteiger partial charge in [-0.15, -0.1) is 0 Å². The number of benzene rings is 3. The van der Waals surface area contributed by atoms with Gasteiger partial charge in [0.2, 0.25) is 0 Å². The average Bonchev–Trinajstić information content (AvgIpc) is 2.94. The van der Waals surface area contributed by atoms with Crippen LogP contribution in [0.1, 0.15) is 16.7 Å². The summed E-state index contributed by atoms with van der Waals surface area (Å²) in [7, 11) is 3.55. The van der Waals surface area contributed by atoms with Crippen molar-refractivity contribution in [3.05, 3.63) is 91.5 Å². The number of carbonyl (C=O) groups is 2. The number of rotatable bonds is 4. The molecule has 3 aromatic carbocycles. The number of hydrogen-bond acceptors (Lipinski definition) is 11. The zero-order valence-electron chi connectivity index (χ0n) is 23.5. The number of aliphatic hydroxyl groups is 1. The van der Waals surface area contributed by atoms with Crippen LogP contribution < -0.4 is 22.1 Å². The fourth-order valence-corrected chi connectivity index (χ4v) is 2.73. The van der Waals surface area contributed by atoms with Gasteiger partial charge in [-0.1, -0.05) is 12.1 Å². The van der Waals surface area contributed by atoms with Gasteiger partial charge in [0.1, 0.15) is 0 Å². The Morgan fingerprint density at radius 3 is 1.78 bits per heavy atom. The first-order valence-electron chi connectivity index (χ1n) is 11.5. The first kappa shape index (κ1) is 35.6. The number of amides is 2. The number of anilines is 4. The summed E-state index contributed by atoms with van der Waals surface area (Å²) in [6, 6.07) is 14.1. The minimum absolute atomic E-state index is 0.228. The van der Waals surface area contributed by atoms with Crippen molar-refractivity contribution in [1.82, 2.24) is 0 Å².